The molecule has 3 aromatic rings. The van der Waals surface area contributed by atoms with Crippen LogP contribution in [0.4, 0.5) is 0 Å². The van der Waals surface area contributed by atoms with Gasteiger partial charge in [-0.2, -0.15) is 0 Å². The Kier molecular flexibility index (Phi) is 5.63. The number of hydrogen-bond acceptors (Lipinski definition) is 3. The predicted molar refractivity (Wildman–Crippen MR) is 106 cm³/mol. The number of hydrogen-bond donors (Lipinski definition) is 2. The SMILES string of the molecule is C1=Cc2cc3ccc(cc4nc(cc5ccc(cc1n2)[nH]5)C=C4)[nH]3.C=O.[Pt]. The smallest absolute Gasteiger partial charge is 0.106 e. The fourth-order valence-corrected chi connectivity index (χ4v) is 2.94. The van der Waals surface area contributed by atoms with Crippen molar-refractivity contribution in [2.75, 3.05) is 0 Å². The molecule has 0 saturated carbocycles. The van der Waals surface area contributed by atoms with Gasteiger partial charge in [-0.05, 0) is 72.8 Å². The zero-order valence-electron chi connectivity index (χ0n) is 14.3. The molecule has 0 radical (unpaired) electrons. The number of rotatable bonds is 0. The van der Waals surface area contributed by atoms with E-state index in [2.05, 4.69) is 44.2 Å². The van der Waals surface area contributed by atoms with Crippen molar-refractivity contribution in [3.05, 3.63) is 71.3 Å². The van der Waals surface area contributed by atoms with Crippen molar-refractivity contribution in [1.82, 2.24) is 19.9 Å². The van der Waals surface area contributed by atoms with E-state index < -0.39 is 0 Å². The fraction of sp³-hybridized carbons (Fsp3) is 0. The van der Waals surface area contributed by atoms with E-state index in [4.69, 9.17) is 4.79 Å². The molecule has 5 nitrogen and oxygen atoms in total. The van der Waals surface area contributed by atoms with Gasteiger partial charge in [-0.15, -0.1) is 0 Å². The molecular formula is C21H16N4OPt. The van der Waals surface area contributed by atoms with E-state index >= 15 is 0 Å². The molecule has 27 heavy (non-hydrogen) atoms. The van der Waals surface area contributed by atoms with Crippen molar-refractivity contribution < 1.29 is 25.9 Å². The van der Waals surface area contributed by atoms with Crippen LogP contribution in [-0.2, 0) is 25.9 Å². The van der Waals surface area contributed by atoms with E-state index in [1.54, 1.807) is 0 Å². The van der Waals surface area contributed by atoms with E-state index in [9.17, 15) is 0 Å². The minimum absolute atomic E-state index is 0. The monoisotopic (exact) mass is 535 g/mol. The molecule has 8 bridgehead atoms. The molecule has 2 aliphatic rings. The Balaban J connectivity index is 0.000000680. The standard InChI is InChI=1S/C20H14N4.CH2O.Pt/c1-2-14-10-16-5-6-18(23-16)12-20-8-7-19(24-20)11-17-4-3-15(22-17)9-13(1)21-14;1-2;/h1-12,21,24H;1H2;. The van der Waals surface area contributed by atoms with Crippen LogP contribution in [0.15, 0.2) is 48.5 Å². The van der Waals surface area contributed by atoms with Crippen molar-refractivity contribution in [3.8, 4) is 0 Å². The van der Waals surface area contributed by atoms with Crippen molar-refractivity contribution in [3.63, 3.8) is 0 Å². The predicted octanol–water partition coefficient (Wildman–Crippen LogP) is 4.47. The van der Waals surface area contributed by atoms with Gasteiger partial charge in [0.05, 0.1) is 22.8 Å². The van der Waals surface area contributed by atoms with Crippen LogP contribution in [0.5, 0.6) is 0 Å². The third-order valence-electron chi connectivity index (χ3n) is 4.04. The van der Waals surface area contributed by atoms with E-state index in [1.165, 1.54) is 0 Å². The first kappa shape index (κ1) is 18.7. The van der Waals surface area contributed by atoms with E-state index in [0.717, 1.165) is 44.8 Å². The largest absolute Gasteiger partial charge is 0.355 e. The van der Waals surface area contributed by atoms with Gasteiger partial charge in [0.2, 0.25) is 0 Å². The summed E-state index contributed by atoms with van der Waals surface area (Å²) in [5, 5.41) is 0. The molecule has 2 N–H and O–H groups in total. The number of carbonyl (C=O) groups is 1. The minimum atomic E-state index is 0. The Morgan fingerprint density at radius 3 is 1.07 bits per heavy atom. The van der Waals surface area contributed by atoms with Gasteiger partial charge in [0.15, 0.2) is 0 Å². The normalized spacial score (nSPS) is 11.4. The van der Waals surface area contributed by atoms with Gasteiger partial charge in [-0.3, -0.25) is 0 Å². The minimum Gasteiger partial charge on any atom is -0.355 e. The molecule has 2 aliphatic heterocycles. The van der Waals surface area contributed by atoms with Gasteiger partial charge in [-0.1, -0.05) is 0 Å². The summed E-state index contributed by atoms with van der Waals surface area (Å²) in [7, 11) is 0. The molecule has 0 aromatic carbocycles. The third-order valence-corrected chi connectivity index (χ3v) is 4.04. The van der Waals surface area contributed by atoms with Crippen molar-refractivity contribution in [2.24, 2.45) is 0 Å². The average molecular weight is 535 g/mol. The summed E-state index contributed by atoms with van der Waals surface area (Å²) in [5.41, 5.74) is 7.86. The Morgan fingerprint density at radius 1 is 0.556 bits per heavy atom. The molecule has 0 unspecified atom stereocenters. The molecule has 5 heterocycles. The van der Waals surface area contributed by atoms with Gasteiger partial charge in [0, 0.05) is 43.1 Å². The Bertz CT molecular complexity index is 1010. The Hall–Kier alpha value is -3.04. The van der Waals surface area contributed by atoms with Crippen LogP contribution in [0.1, 0.15) is 22.8 Å². The van der Waals surface area contributed by atoms with Crippen LogP contribution in [0.25, 0.3) is 46.4 Å². The zero-order valence-corrected chi connectivity index (χ0v) is 16.5. The Labute approximate surface area is 170 Å². The molecule has 0 atom stereocenters. The first-order valence-corrected chi connectivity index (χ1v) is 8.14. The van der Waals surface area contributed by atoms with Gasteiger partial charge in [0.25, 0.3) is 0 Å². The summed E-state index contributed by atoms with van der Waals surface area (Å²) < 4.78 is 0. The van der Waals surface area contributed by atoms with Crippen LogP contribution in [0.3, 0.4) is 0 Å². The van der Waals surface area contributed by atoms with E-state index in [0.29, 0.717) is 0 Å². The maximum atomic E-state index is 8.00. The number of nitrogens with zero attached hydrogens (tertiary/aromatic N) is 2. The maximum Gasteiger partial charge on any atom is 0.106 e. The molecule has 5 rings (SSSR count). The summed E-state index contributed by atoms with van der Waals surface area (Å²) in [6, 6.07) is 16.4. The van der Waals surface area contributed by atoms with Crippen LogP contribution in [0.2, 0.25) is 0 Å². The molecule has 3 aromatic heterocycles. The molecule has 0 fully saturated rings. The maximum absolute atomic E-state index is 8.00. The van der Waals surface area contributed by atoms with E-state index in [-0.39, 0.29) is 21.1 Å². The second-order valence-electron chi connectivity index (χ2n) is 5.91. The molecule has 136 valence electrons. The van der Waals surface area contributed by atoms with Crippen LogP contribution < -0.4 is 0 Å². The molecule has 0 spiro atoms. The quantitative estimate of drug-likeness (QED) is 0.308. The first-order chi connectivity index (χ1) is 12.8. The second-order valence-corrected chi connectivity index (χ2v) is 5.91. The summed E-state index contributed by atoms with van der Waals surface area (Å²) in [6.45, 7) is 2.00. The van der Waals surface area contributed by atoms with Gasteiger partial charge in [-0.25, -0.2) is 9.97 Å². The van der Waals surface area contributed by atoms with Crippen molar-refractivity contribution >= 4 is 53.2 Å². The number of nitrogens with one attached hydrogen (secondary N) is 2. The van der Waals surface area contributed by atoms with Crippen molar-refractivity contribution in [1.29, 1.82) is 0 Å². The molecular weight excluding hydrogens is 519 g/mol. The van der Waals surface area contributed by atoms with E-state index in [1.807, 2.05) is 55.4 Å². The summed E-state index contributed by atoms with van der Waals surface area (Å²) in [6.07, 6.45) is 8.09. The van der Waals surface area contributed by atoms with Gasteiger partial charge < -0.3 is 14.8 Å². The topological polar surface area (TPSA) is 74.4 Å². The van der Waals surface area contributed by atoms with Crippen LogP contribution in [0, 0.1) is 0 Å². The number of H-pyrrole nitrogens is 2. The summed E-state index contributed by atoms with van der Waals surface area (Å²) in [5.74, 6) is 0. The zero-order chi connectivity index (χ0) is 17.9. The second kappa shape index (κ2) is 8.10. The Morgan fingerprint density at radius 2 is 0.815 bits per heavy atom. The van der Waals surface area contributed by atoms with Gasteiger partial charge >= 0.3 is 0 Å². The fourth-order valence-electron chi connectivity index (χ4n) is 2.94. The number of aromatic amines is 2. The molecule has 6 heteroatoms. The number of fused-ring (bicyclic) bond motifs is 8. The third kappa shape index (κ3) is 4.21. The summed E-state index contributed by atoms with van der Waals surface area (Å²) >= 11 is 0. The summed E-state index contributed by atoms with van der Waals surface area (Å²) in [4.78, 5) is 24.0. The number of aromatic nitrogens is 4. The number of carbonyl (C=O) groups excluding carboxylic acids is 1. The molecule has 0 aliphatic carbocycles. The molecule has 0 amide bonds. The average Bonchev–Trinajstić information content (AvgIpc) is 3.42. The van der Waals surface area contributed by atoms with Crippen molar-refractivity contribution in [2.45, 2.75) is 0 Å². The molecule has 0 saturated heterocycles. The first-order valence-electron chi connectivity index (χ1n) is 8.14. The van der Waals surface area contributed by atoms with Gasteiger partial charge in [0.1, 0.15) is 6.79 Å². The van der Waals surface area contributed by atoms with Crippen LogP contribution in [-0.4, -0.2) is 26.7 Å². The van der Waals surface area contributed by atoms with Crippen LogP contribution >= 0.6 is 0 Å².